The number of benzene rings is 1. The largest absolute Gasteiger partial charge is 0.392 e. The number of hydrogen-bond donors (Lipinski definition) is 2. The molecule has 1 aliphatic heterocycles. The lowest BCUT2D eigenvalue weighted by molar-refractivity contribution is -0.117. The van der Waals surface area contributed by atoms with Crippen LogP contribution in [0.2, 0.25) is 5.02 Å². The summed E-state index contributed by atoms with van der Waals surface area (Å²) in [6.07, 6.45) is 0.433. The zero-order valence-corrected chi connectivity index (χ0v) is 10.2. The molecule has 0 aromatic heterocycles. The van der Waals surface area contributed by atoms with Gasteiger partial charge >= 0.3 is 0 Å². The van der Waals surface area contributed by atoms with Gasteiger partial charge in [0.25, 0.3) is 0 Å². The van der Waals surface area contributed by atoms with Crippen molar-refractivity contribution in [1.29, 1.82) is 0 Å². The minimum Gasteiger partial charge on any atom is -0.392 e. The highest BCUT2D eigenvalue weighted by atomic mass is 35.5. The summed E-state index contributed by atoms with van der Waals surface area (Å²) >= 11 is 5.94. The highest BCUT2D eigenvalue weighted by Gasteiger charge is 2.22. The predicted octanol–water partition coefficient (Wildman–Crippen LogP) is 1.35. The van der Waals surface area contributed by atoms with E-state index in [0.717, 1.165) is 13.0 Å². The maximum absolute atomic E-state index is 11.7. The third-order valence-corrected chi connectivity index (χ3v) is 3.09. The summed E-state index contributed by atoms with van der Waals surface area (Å²) in [6, 6.07) is 7.13. The molecule has 0 saturated carbocycles. The molecule has 2 N–H and O–H groups in total. The van der Waals surface area contributed by atoms with E-state index in [4.69, 9.17) is 11.6 Å². The number of likely N-dealkylation sites (tertiary alicyclic amines) is 1. The fourth-order valence-electron chi connectivity index (χ4n) is 1.91. The van der Waals surface area contributed by atoms with Crippen LogP contribution in [0.4, 0.5) is 5.69 Å². The van der Waals surface area contributed by atoms with Crippen molar-refractivity contribution in [1.82, 2.24) is 4.90 Å². The van der Waals surface area contributed by atoms with Gasteiger partial charge in [-0.2, -0.15) is 0 Å². The smallest absolute Gasteiger partial charge is 0.238 e. The molecule has 1 aromatic carbocycles. The second-order valence-electron chi connectivity index (χ2n) is 4.21. The number of rotatable bonds is 3. The summed E-state index contributed by atoms with van der Waals surface area (Å²) in [5.74, 6) is -0.104. The van der Waals surface area contributed by atoms with Crippen LogP contribution in [-0.2, 0) is 4.79 Å². The van der Waals surface area contributed by atoms with E-state index in [0.29, 0.717) is 23.8 Å². The number of aliphatic hydroxyl groups excluding tert-OH is 1. The fraction of sp³-hybridized carbons (Fsp3) is 0.417. The standard InChI is InChI=1S/C12H15ClN2O2/c13-10-3-1-2-4-11(10)14-12(17)8-15-6-5-9(16)7-15/h1-4,9,16H,5-8H2,(H,14,17). The van der Waals surface area contributed by atoms with Crippen LogP contribution in [0.1, 0.15) is 6.42 Å². The minimum absolute atomic E-state index is 0.104. The van der Waals surface area contributed by atoms with Crippen LogP contribution in [0.15, 0.2) is 24.3 Å². The first-order valence-corrected chi connectivity index (χ1v) is 5.98. The van der Waals surface area contributed by atoms with Crippen molar-refractivity contribution in [2.24, 2.45) is 0 Å². The molecule has 2 rings (SSSR count). The normalized spacial score (nSPS) is 20.5. The van der Waals surface area contributed by atoms with Gasteiger partial charge in [-0.1, -0.05) is 23.7 Å². The van der Waals surface area contributed by atoms with Crippen molar-refractivity contribution in [2.45, 2.75) is 12.5 Å². The van der Waals surface area contributed by atoms with E-state index in [2.05, 4.69) is 5.32 Å². The van der Waals surface area contributed by atoms with Crippen molar-refractivity contribution >= 4 is 23.2 Å². The molecular weight excluding hydrogens is 240 g/mol. The number of β-amino-alcohol motifs (C(OH)–C–C–N with tert-alkyl or cyclic N) is 1. The number of anilines is 1. The Labute approximate surface area is 105 Å². The first-order valence-electron chi connectivity index (χ1n) is 5.60. The number of para-hydroxylation sites is 1. The van der Waals surface area contributed by atoms with E-state index in [1.807, 2.05) is 17.0 Å². The monoisotopic (exact) mass is 254 g/mol. The van der Waals surface area contributed by atoms with Crippen molar-refractivity contribution in [3.05, 3.63) is 29.3 Å². The third kappa shape index (κ3) is 3.43. The van der Waals surface area contributed by atoms with Gasteiger partial charge in [-0.3, -0.25) is 9.69 Å². The first-order chi connectivity index (χ1) is 8.15. The van der Waals surface area contributed by atoms with E-state index in [1.54, 1.807) is 12.1 Å². The molecule has 0 bridgehead atoms. The molecule has 1 aliphatic rings. The van der Waals surface area contributed by atoms with E-state index < -0.39 is 0 Å². The number of nitrogens with one attached hydrogen (secondary N) is 1. The van der Waals surface area contributed by atoms with Crippen molar-refractivity contribution in [3.63, 3.8) is 0 Å². The Bertz CT molecular complexity index is 411. The Kier molecular flexibility index (Phi) is 3.99. The van der Waals surface area contributed by atoms with Gasteiger partial charge in [0.15, 0.2) is 0 Å². The van der Waals surface area contributed by atoms with Gasteiger partial charge in [0.2, 0.25) is 5.91 Å². The number of amides is 1. The molecule has 17 heavy (non-hydrogen) atoms. The van der Waals surface area contributed by atoms with Crippen LogP contribution in [0.25, 0.3) is 0 Å². The zero-order valence-electron chi connectivity index (χ0n) is 9.40. The van der Waals surface area contributed by atoms with Crippen LogP contribution in [0, 0.1) is 0 Å². The van der Waals surface area contributed by atoms with Gasteiger partial charge in [-0.25, -0.2) is 0 Å². The third-order valence-electron chi connectivity index (χ3n) is 2.76. The number of carbonyl (C=O) groups excluding carboxylic acids is 1. The van der Waals surface area contributed by atoms with Gasteiger partial charge in [0.1, 0.15) is 0 Å². The highest BCUT2D eigenvalue weighted by molar-refractivity contribution is 6.33. The van der Waals surface area contributed by atoms with E-state index in [-0.39, 0.29) is 12.0 Å². The summed E-state index contributed by atoms with van der Waals surface area (Å²) in [6.45, 7) is 1.62. The Hall–Kier alpha value is -1.10. The zero-order chi connectivity index (χ0) is 12.3. The topological polar surface area (TPSA) is 52.6 Å². The Morgan fingerprint density at radius 2 is 2.29 bits per heavy atom. The van der Waals surface area contributed by atoms with Crippen LogP contribution in [0.5, 0.6) is 0 Å². The molecule has 4 nitrogen and oxygen atoms in total. The maximum Gasteiger partial charge on any atom is 0.238 e. The summed E-state index contributed by atoms with van der Waals surface area (Å²) in [5.41, 5.74) is 0.624. The van der Waals surface area contributed by atoms with E-state index in [1.165, 1.54) is 0 Å². The average molecular weight is 255 g/mol. The summed E-state index contributed by atoms with van der Waals surface area (Å²) in [5, 5.41) is 12.6. The average Bonchev–Trinajstić information content (AvgIpc) is 2.67. The quantitative estimate of drug-likeness (QED) is 0.856. The first kappa shape index (κ1) is 12.4. The van der Waals surface area contributed by atoms with Gasteiger partial charge < -0.3 is 10.4 Å². The molecule has 1 aromatic rings. The lowest BCUT2D eigenvalue weighted by atomic mass is 10.3. The number of halogens is 1. The molecule has 1 unspecified atom stereocenters. The lowest BCUT2D eigenvalue weighted by Crippen LogP contribution is -2.32. The number of aliphatic hydroxyl groups is 1. The van der Waals surface area contributed by atoms with Crippen molar-refractivity contribution in [2.75, 3.05) is 25.0 Å². The molecule has 1 atom stereocenters. The van der Waals surface area contributed by atoms with E-state index >= 15 is 0 Å². The summed E-state index contributed by atoms with van der Waals surface area (Å²) in [4.78, 5) is 13.7. The molecule has 92 valence electrons. The Morgan fingerprint density at radius 3 is 2.94 bits per heavy atom. The van der Waals surface area contributed by atoms with Gasteiger partial charge in [0, 0.05) is 13.1 Å². The second kappa shape index (κ2) is 5.49. The lowest BCUT2D eigenvalue weighted by Gasteiger charge is -2.14. The number of hydrogen-bond acceptors (Lipinski definition) is 3. The molecular formula is C12H15ClN2O2. The molecule has 0 radical (unpaired) electrons. The van der Waals surface area contributed by atoms with Gasteiger partial charge in [-0.05, 0) is 18.6 Å². The van der Waals surface area contributed by atoms with Crippen molar-refractivity contribution < 1.29 is 9.90 Å². The summed E-state index contributed by atoms with van der Waals surface area (Å²) < 4.78 is 0. The summed E-state index contributed by atoms with van der Waals surface area (Å²) in [7, 11) is 0. The molecule has 5 heteroatoms. The highest BCUT2D eigenvalue weighted by Crippen LogP contribution is 2.20. The maximum atomic E-state index is 11.7. The molecule has 1 amide bonds. The Balaban J connectivity index is 1.87. The SMILES string of the molecule is O=C(CN1CCC(O)C1)Nc1ccccc1Cl. The molecule has 1 saturated heterocycles. The van der Waals surface area contributed by atoms with E-state index in [9.17, 15) is 9.90 Å². The predicted molar refractivity (Wildman–Crippen MR) is 67.1 cm³/mol. The van der Waals surface area contributed by atoms with Crippen molar-refractivity contribution in [3.8, 4) is 0 Å². The van der Waals surface area contributed by atoms with Crippen LogP contribution in [0.3, 0.4) is 0 Å². The molecule has 0 spiro atoms. The second-order valence-corrected chi connectivity index (χ2v) is 4.61. The van der Waals surface area contributed by atoms with Gasteiger partial charge in [0.05, 0.1) is 23.4 Å². The van der Waals surface area contributed by atoms with Crippen LogP contribution >= 0.6 is 11.6 Å². The molecule has 0 aliphatic carbocycles. The van der Waals surface area contributed by atoms with Gasteiger partial charge in [-0.15, -0.1) is 0 Å². The fourth-order valence-corrected chi connectivity index (χ4v) is 2.09. The van der Waals surface area contributed by atoms with Crippen LogP contribution < -0.4 is 5.32 Å². The number of carbonyl (C=O) groups is 1. The number of nitrogens with zero attached hydrogens (tertiary/aromatic N) is 1. The minimum atomic E-state index is -0.303. The molecule has 1 heterocycles. The molecule has 1 fully saturated rings. The Morgan fingerprint density at radius 1 is 1.53 bits per heavy atom. The van der Waals surface area contributed by atoms with Crippen LogP contribution in [-0.4, -0.2) is 41.7 Å².